The van der Waals surface area contributed by atoms with E-state index in [0.717, 1.165) is 25.0 Å². The third kappa shape index (κ3) is 2.42. The summed E-state index contributed by atoms with van der Waals surface area (Å²) in [5, 5.41) is 29.3. The highest BCUT2D eigenvalue weighted by atomic mass is 16.6. The molecule has 0 radical (unpaired) electrons. The third-order valence-electron chi connectivity index (χ3n) is 3.38. The van der Waals surface area contributed by atoms with Gasteiger partial charge in [0.15, 0.2) is 5.79 Å². The highest BCUT2D eigenvalue weighted by Crippen LogP contribution is 2.35. The van der Waals surface area contributed by atoms with Crippen LogP contribution in [0.15, 0.2) is 12.2 Å². The lowest BCUT2D eigenvalue weighted by Gasteiger charge is -2.37. The van der Waals surface area contributed by atoms with Gasteiger partial charge in [-0.25, -0.2) is 0 Å². The lowest BCUT2D eigenvalue weighted by Crippen LogP contribution is -2.55. The van der Waals surface area contributed by atoms with Gasteiger partial charge in [0.05, 0.1) is 12.5 Å². The quantitative estimate of drug-likeness (QED) is 0.475. The van der Waals surface area contributed by atoms with Crippen LogP contribution in [0.2, 0.25) is 0 Å². The molecule has 2 unspecified atom stereocenters. The first-order valence-corrected chi connectivity index (χ1v) is 5.95. The van der Waals surface area contributed by atoms with Crippen LogP contribution in [0.25, 0.3) is 0 Å². The van der Waals surface area contributed by atoms with Crippen LogP contribution in [0.3, 0.4) is 0 Å². The number of Topliss-reactive ketones (excluding diaryl/α,β-unsaturated/α-hetero) is 1. The Hall–Kier alpha value is -0.750. The van der Waals surface area contributed by atoms with Crippen molar-refractivity contribution in [1.29, 1.82) is 0 Å². The monoisotopic (exact) mass is 242 g/mol. The summed E-state index contributed by atoms with van der Waals surface area (Å²) in [6, 6.07) is 0. The summed E-state index contributed by atoms with van der Waals surface area (Å²) in [5.74, 6) is -5.53. The van der Waals surface area contributed by atoms with E-state index in [0.29, 0.717) is 12.5 Å². The maximum absolute atomic E-state index is 12.0. The van der Waals surface area contributed by atoms with Gasteiger partial charge in [0, 0.05) is 0 Å². The molecule has 0 aromatic carbocycles. The highest BCUT2D eigenvalue weighted by Gasteiger charge is 2.51. The fourth-order valence-corrected chi connectivity index (χ4v) is 2.01. The van der Waals surface area contributed by atoms with Crippen LogP contribution in [-0.2, 0) is 9.53 Å². The van der Waals surface area contributed by atoms with E-state index in [2.05, 4.69) is 0 Å². The van der Waals surface area contributed by atoms with E-state index < -0.39 is 23.3 Å². The molecule has 17 heavy (non-hydrogen) atoms. The van der Waals surface area contributed by atoms with Crippen LogP contribution < -0.4 is 0 Å². The second-order valence-corrected chi connectivity index (χ2v) is 4.89. The van der Waals surface area contributed by atoms with Gasteiger partial charge in [0.2, 0.25) is 11.6 Å². The lowest BCUT2D eigenvalue weighted by molar-refractivity contribution is -0.221. The number of carbonyl (C=O) groups excluding carboxylic acids is 1. The van der Waals surface area contributed by atoms with Crippen LogP contribution in [0.5, 0.6) is 0 Å². The van der Waals surface area contributed by atoms with Gasteiger partial charge in [-0.1, -0.05) is 6.92 Å². The van der Waals surface area contributed by atoms with E-state index in [4.69, 9.17) is 4.74 Å². The molecule has 3 N–H and O–H groups in total. The standard InChI is InChI=1S/C12H18O5/c1-2-9-10(13)12(16,6-5-11(9,14)15)17-7-8-3-4-8/h5-6,8-9,14-16H,2-4,7H2,1H3. The molecule has 96 valence electrons. The summed E-state index contributed by atoms with van der Waals surface area (Å²) >= 11 is 0. The smallest absolute Gasteiger partial charge is 0.247 e. The Kier molecular flexibility index (Phi) is 3.12. The van der Waals surface area contributed by atoms with Crippen molar-refractivity contribution < 1.29 is 24.9 Å². The van der Waals surface area contributed by atoms with Crippen molar-refractivity contribution in [3.05, 3.63) is 12.2 Å². The van der Waals surface area contributed by atoms with E-state index >= 15 is 0 Å². The molecule has 0 bridgehead atoms. The van der Waals surface area contributed by atoms with Gasteiger partial charge in [-0.2, -0.15) is 0 Å². The van der Waals surface area contributed by atoms with Crippen LogP contribution in [-0.4, -0.2) is 39.3 Å². The van der Waals surface area contributed by atoms with Crippen molar-refractivity contribution in [1.82, 2.24) is 0 Å². The zero-order valence-electron chi connectivity index (χ0n) is 9.80. The van der Waals surface area contributed by atoms with Gasteiger partial charge in [-0.15, -0.1) is 0 Å². The maximum Gasteiger partial charge on any atom is 0.247 e. The molecule has 2 aliphatic rings. The minimum atomic E-state index is -2.19. The van der Waals surface area contributed by atoms with Crippen molar-refractivity contribution >= 4 is 5.78 Å². The average Bonchev–Trinajstić information content (AvgIpc) is 3.06. The van der Waals surface area contributed by atoms with E-state index in [-0.39, 0.29) is 6.42 Å². The number of carbonyl (C=O) groups is 1. The molecule has 0 aromatic rings. The molecule has 0 amide bonds. The normalized spacial score (nSPS) is 36.2. The third-order valence-corrected chi connectivity index (χ3v) is 3.38. The van der Waals surface area contributed by atoms with E-state index in [1.54, 1.807) is 6.92 Å². The number of ketones is 1. The van der Waals surface area contributed by atoms with Gasteiger partial charge >= 0.3 is 0 Å². The molecule has 5 heteroatoms. The lowest BCUT2D eigenvalue weighted by atomic mass is 9.82. The first kappa shape index (κ1) is 12.7. The molecule has 5 nitrogen and oxygen atoms in total. The zero-order valence-corrected chi connectivity index (χ0v) is 9.80. The molecule has 0 heterocycles. The molecule has 1 saturated carbocycles. The second kappa shape index (κ2) is 4.17. The van der Waals surface area contributed by atoms with E-state index in [1.807, 2.05) is 0 Å². The second-order valence-electron chi connectivity index (χ2n) is 4.89. The van der Waals surface area contributed by atoms with Crippen molar-refractivity contribution in [3.63, 3.8) is 0 Å². The maximum atomic E-state index is 12.0. The average molecular weight is 242 g/mol. The van der Waals surface area contributed by atoms with Gasteiger partial charge < -0.3 is 20.1 Å². The largest absolute Gasteiger partial charge is 0.362 e. The summed E-state index contributed by atoms with van der Waals surface area (Å²) < 4.78 is 5.23. The molecule has 0 aromatic heterocycles. The molecule has 2 rings (SSSR count). The van der Waals surface area contributed by atoms with E-state index in [1.165, 1.54) is 0 Å². The van der Waals surface area contributed by atoms with Gasteiger partial charge in [-0.3, -0.25) is 4.79 Å². The van der Waals surface area contributed by atoms with Crippen LogP contribution in [0.4, 0.5) is 0 Å². The van der Waals surface area contributed by atoms with Gasteiger partial charge in [0.25, 0.3) is 0 Å². The molecule has 1 fully saturated rings. The molecular formula is C12H18O5. The number of aliphatic hydroxyl groups is 3. The zero-order chi connectivity index (χ0) is 12.7. The fourth-order valence-electron chi connectivity index (χ4n) is 2.01. The van der Waals surface area contributed by atoms with Crippen molar-refractivity contribution in [2.45, 2.75) is 37.8 Å². The minimum absolute atomic E-state index is 0.227. The van der Waals surface area contributed by atoms with E-state index in [9.17, 15) is 20.1 Å². The first-order valence-electron chi connectivity index (χ1n) is 5.95. The summed E-state index contributed by atoms with van der Waals surface area (Å²) in [6.45, 7) is 1.98. The van der Waals surface area contributed by atoms with Gasteiger partial charge in [0.1, 0.15) is 0 Å². The highest BCUT2D eigenvalue weighted by molar-refractivity contribution is 5.92. The molecule has 0 saturated heterocycles. The fraction of sp³-hybridized carbons (Fsp3) is 0.750. The van der Waals surface area contributed by atoms with Crippen LogP contribution >= 0.6 is 0 Å². The topological polar surface area (TPSA) is 87.0 Å². The Balaban J connectivity index is 2.14. The number of hydrogen-bond donors (Lipinski definition) is 3. The van der Waals surface area contributed by atoms with Crippen molar-refractivity contribution in [2.24, 2.45) is 11.8 Å². The number of ether oxygens (including phenoxy) is 1. The number of hydrogen-bond acceptors (Lipinski definition) is 5. The Morgan fingerprint density at radius 3 is 2.53 bits per heavy atom. The Labute approximate surface area is 99.7 Å². The number of rotatable bonds is 4. The van der Waals surface area contributed by atoms with Crippen molar-refractivity contribution in [2.75, 3.05) is 6.61 Å². The predicted molar refractivity (Wildman–Crippen MR) is 58.7 cm³/mol. The summed E-state index contributed by atoms with van der Waals surface area (Å²) in [4.78, 5) is 12.0. The molecule has 2 aliphatic carbocycles. The Morgan fingerprint density at radius 2 is 2.00 bits per heavy atom. The Bertz CT molecular complexity index is 345. The van der Waals surface area contributed by atoms with Gasteiger partial charge in [-0.05, 0) is 37.3 Å². The summed E-state index contributed by atoms with van der Waals surface area (Å²) in [6.07, 6.45) is 4.38. The first-order chi connectivity index (χ1) is 7.89. The SMILES string of the molecule is CCC1C(=O)C(O)(OCC2CC2)C=CC1(O)O. The molecule has 0 aliphatic heterocycles. The summed E-state index contributed by atoms with van der Waals surface area (Å²) in [5.41, 5.74) is 0. The Morgan fingerprint density at radius 1 is 1.35 bits per heavy atom. The van der Waals surface area contributed by atoms with Crippen molar-refractivity contribution in [3.8, 4) is 0 Å². The molecule has 2 atom stereocenters. The predicted octanol–water partition coefficient (Wildman–Crippen LogP) is -0.0524. The van der Waals surface area contributed by atoms with Crippen LogP contribution in [0, 0.1) is 11.8 Å². The molecular weight excluding hydrogens is 224 g/mol. The molecule has 0 spiro atoms. The minimum Gasteiger partial charge on any atom is -0.362 e. The summed E-state index contributed by atoms with van der Waals surface area (Å²) in [7, 11) is 0. The van der Waals surface area contributed by atoms with Crippen LogP contribution in [0.1, 0.15) is 26.2 Å².